The van der Waals surface area contributed by atoms with Crippen LogP contribution in [0.25, 0.3) is 33.4 Å². The Morgan fingerprint density at radius 3 is 2.00 bits per heavy atom. The fourth-order valence-corrected chi connectivity index (χ4v) is 3.89. The quantitative estimate of drug-likeness (QED) is 0.181. The van der Waals surface area contributed by atoms with Gasteiger partial charge in [0.2, 0.25) is 5.82 Å². The lowest BCUT2D eigenvalue weighted by molar-refractivity contribution is 0.314. The molecule has 2 nitrogen and oxygen atoms in total. The van der Waals surface area contributed by atoms with E-state index in [0.29, 0.717) is 5.56 Å². The van der Waals surface area contributed by atoms with Crippen molar-refractivity contribution in [1.29, 1.82) is 0 Å². The van der Waals surface area contributed by atoms with Crippen molar-refractivity contribution in [2.75, 3.05) is 6.61 Å². The number of nitrogens with zero attached hydrogens (tertiary/aromatic N) is 1. The minimum atomic E-state index is -1.38. The van der Waals surface area contributed by atoms with E-state index in [9.17, 15) is 17.6 Å². The van der Waals surface area contributed by atoms with Crippen LogP contribution in [0.2, 0.25) is 0 Å². The van der Waals surface area contributed by atoms with Crippen LogP contribution in [0.5, 0.6) is 5.75 Å². The minimum Gasteiger partial charge on any atom is -0.491 e. The molecule has 184 valence electrons. The van der Waals surface area contributed by atoms with Gasteiger partial charge in [-0.2, -0.15) is 4.39 Å². The third kappa shape index (κ3) is 4.87. The Bertz CT molecular complexity index is 1420. The Morgan fingerprint density at radius 2 is 1.36 bits per heavy atom. The summed E-state index contributed by atoms with van der Waals surface area (Å²) in [5, 5.41) is 0. The summed E-state index contributed by atoms with van der Waals surface area (Å²) >= 11 is 0. The molecule has 0 fully saturated rings. The Labute approximate surface area is 205 Å². The van der Waals surface area contributed by atoms with Crippen LogP contribution in [0.4, 0.5) is 22.0 Å². The summed E-state index contributed by atoms with van der Waals surface area (Å²) in [4.78, 5) is 4.32. The van der Waals surface area contributed by atoms with Crippen LogP contribution >= 0.6 is 0 Å². The zero-order chi connectivity index (χ0) is 25.8. The molecule has 0 unspecified atom stereocenters. The van der Waals surface area contributed by atoms with Gasteiger partial charge in [0.05, 0.1) is 6.61 Å². The van der Waals surface area contributed by atoms with E-state index >= 15 is 4.39 Å². The van der Waals surface area contributed by atoms with E-state index in [1.807, 2.05) is 0 Å². The summed E-state index contributed by atoms with van der Waals surface area (Å²) in [5.41, 5.74) is 0.596. The number of aryl methyl sites for hydroxylation is 1. The number of allylic oxidation sites excluding steroid dienone is 1. The van der Waals surface area contributed by atoms with E-state index in [-0.39, 0.29) is 29.0 Å². The molecule has 0 bridgehead atoms. The summed E-state index contributed by atoms with van der Waals surface area (Å²) in [5.74, 6) is -6.30. The third-order valence-corrected chi connectivity index (χ3v) is 5.74. The molecular formula is C29H22F5NO. The SMILES string of the molecule is C=CCCc1ccc(-c2ccc(-c3ccc(-c4ccc(OCC)c(F)c4F)c(F)c3F)cc2F)cn1. The molecule has 1 heterocycles. The van der Waals surface area contributed by atoms with Crippen molar-refractivity contribution in [2.24, 2.45) is 0 Å². The van der Waals surface area contributed by atoms with E-state index < -0.39 is 40.2 Å². The van der Waals surface area contributed by atoms with Gasteiger partial charge in [0.1, 0.15) is 5.82 Å². The Hall–Kier alpha value is -4.00. The largest absolute Gasteiger partial charge is 0.491 e. The van der Waals surface area contributed by atoms with Gasteiger partial charge in [-0.3, -0.25) is 4.98 Å². The maximum absolute atomic E-state index is 15.0. The highest BCUT2D eigenvalue weighted by atomic mass is 19.2. The summed E-state index contributed by atoms with van der Waals surface area (Å²) in [6.07, 6.45) is 4.83. The molecule has 0 spiro atoms. The first kappa shape index (κ1) is 25.1. The first-order valence-electron chi connectivity index (χ1n) is 11.3. The Morgan fingerprint density at radius 1 is 0.750 bits per heavy atom. The molecule has 0 atom stereocenters. The minimum absolute atomic E-state index is 0.0908. The molecule has 0 radical (unpaired) electrons. The van der Waals surface area contributed by atoms with Gasteiger partial charge in [-0.25, -0.2) is 17.6 Å². The molecule has 0 N–H and O–H groups in total. The van der Waals surface area contributed by atoms with Gasteiger partial charge in [-0.1, -0.05) is 36.4 Å². The number of rotatable bonds is 8. The van der Waals surface area contributed by atoms with Crippen molar-refractivity contribution in [3.05, 3.63) is 108 Å². The third-order valence-electron chi connectivity index (χ3n) is 5.74. The van der Waals surface area contributed by atoms with Crippen LogP contribution in [0.3, 0.4) is 0 Å². The summed E-state index contributed by atoms with van der Waals surface area (Å²) < 4.78 is 78.7. The molecule has 0 aliphatic carbocycles. The van der Waals surface area contributed by atoms with Crippen molar-refractivity contribution in [1.82, 2.24) is 4.98 Å². The van der Waals surface area contributed by atoms with Crippen molar-refractivity contribution in [3.8, 4) is 39.1 Å². The van der Waals surface area contributed by atoms with E-state index in [4.69, 9.17) is 4.74 Å². The average molecular weight is 495 g/mol. The molecule has 7 heteroatoms. The van der Waals surface area contributed by atoms with E-state index in [1.165, 1.54) is 18.2 Å². The second-order valence-electron chi connectivity index (χ2n) is 8.02. The molecule has 1 aromatic heterocycles. The normalized spacial score (nSPS) is 10.9. The maximum Gasteiger partial charge on any atom is 0.201 e. The predicted octanol–water partition coefficient (Wildman–Crippen LogP) is 8.30. The van der Waals surface area contributed by atoms with Crippen LogP contribution in [-0.2, 0) is 6.42 Å². The van der Waals surface area contributed by atoms with Gasteiger partial charge in [-0.15, -0.1) is 6.58 Å². The van der Waals surface area contributed by atoms with Crippen LogP contribution in [0.1, 0.15) is 19.0 Å². The van der Waals surface area contributed by atoms with Crippen molar-refractivity contribution >= 4 is 0 Å². The van der Waals surface area contributed by atoms with Crippen LogP contribution in [0, 0.1) is 29.1 Å². The number of pyridine rings is 1. The first-order chi connectivity index (χ1) is 17.3. The Balaban J connectivity index is 1.66. The number of ether oxygens (including phenoxy) is 1. The fourth-order valence-electron chi connectivity index (χ4n) is 3.89. The van der Waals surface area contributed by atoms with Crippen LogP contribution in [0.15, 0.2) is 73.4 Å². The number of benzene rings is 3. The summed E-state index contributed by atoms with van der Waals surface area (Å²) in [6, 6.07) is 12.1. The number of halogens is 5. The molecule has 0 saturated carbocycles. The molecule has 3 aromatic carbocycles. The average Bonchev–Trinajstić information content (AvgIpc) is 2.88. The van der Waals surface area contributed by atoms with Gasteiger partial charge in [-0.05, 0) is 49.6 Å². The molecular weight excluding hydrogens is 473 g/mol. The Kier molecular flexibility index (Phi) is 7.48. The summed E-state index contributed by atoms with van der Waals surface area (Å²) in [7, 11) is 0. The standard InChI is InChI=1S/C29H22F5NO/c1-3-5-6-19-9-7-18(16-35-19)20-10-8-17(15-24(20)30)21-11-12-22(27(32)26(21)31)23-13-14-25(36-4-2)29(34)28(23)33/h3,7-16H,1,4-6H2,2H3. The lowest BCUT2D eigenvalue weighted by atomic mass is 9.96. The zero-order valence-corrected chi connectivity index (χ0v) is 19.4. The topological polar surface area (TPSA) is 22.1 Å². The monoisotopic (exact) mass is 495 g/mol. The second-order valence-corrected chi connectivity index (χ2v) is 8.02. The number of aromatic nitrogens is 1. The molecule has 36 heavy (non-hydrogen) atoms. The summed E-state index contributed by atoms with van der Waals surface area (Å²) in [6.45, 7) is 5.39. The van der Waals surface area contributed by atoms with Crippen molar-refractivity contribution in [3.63, 3.8) is 0 Å². The lowest BCUT2D eigenvalue weighted by Crippen LogP contribution is -2.01. The molecule has 0 amide bonds. The lowest BCUT2D eigenvalue weighted by Gasteiger charge is -2.13. The molecule has 0 aliphatic rings. The second kappa shape index (κ2) is 10.7. The van der Waals surface area contributed by atoms with Crippen molar-refractivity contribution in [2.45, 2.75) is 19.8 Å². The number of hydrogen-bond donors (Lipinski definition) is 0. The molecule has 4 rings (SSSR count). The first-order valence-corrected chi connectivity index (χ1v) is 11.3. The maximum atomic E-state index is 15.0. The van der Waals surface area contributed by atoms with E-state index in [1.54, 1.807) is 31.3 Å². The zero-order valence-electron chi connectivity index (χ0n) is 19.4. The molecule has 0 saturated heterocycles. The van der Waals surface area contributed by atoms with Gasteiger partial charge < -0.3 is 4.74 Å². The van der Waals surface area contributed by atoms with Crippen LogP contribution < -0.4 is 4.74 Å². The van der Waals surface area contributed by atoms with Gasteiger partial charge in [0, 0.05) is 39.7 Å². The van der Waals surface area contributed by atoms with Gasteiger partial charge in [0.15, 0.2) is 23.2 Å². The smallest absolute Gasteiger partial charge is 0.201 e. The van der Waals surface area contributed by atoms with E-state index in [0.717, 1.165) is 42.8 Å². The highest BCUT2D eigenvalue weighted by Crippen LogP contribution is 2.36. The van der Waals surface area contributed by atoms with Crippen LogP contribution in [-0.4, -0.2) is 11.6 Å². The molecule has 4 aromatic rings. The van der Waals surface area contributed by atoms with E-state index in [2.05, 4.69) is 11.6 Å². The van der Waals surface area contributed by atoms with Gasteiger partial charge in [0.25, 0.3) is 0 Å². The molecule has 0 aliphatic heterocycles. The van der Waals surface area contributed by atoms with Gasteiger partial charge >= 0.3 is 0 Å². The predicted molar refractivity (Wildman–Crippen MR) is 130 cm³/mol. The fraction of sp³-hybridized carbons (Fsp3) is 0.138. The van der Waals surface area contributed by atoms with Crippen molar-refractivity contribution < 1.29 is 26.7 Å². The number of hydrogen-bond acceptors (Lipinski definition) is 2. The highest BCUT2D eigenvalue weighted by Gasteiger charge is 2.22. The highest BCUT2D eigenvalue weighted by molar-refractivity contribution is 5.75.